The maximum absolute atomic E-state index is 14.5. The van der Waals surface area contributed by atoms with Gasteiger partial charge in [-0.1, -0.05) is 69.3 Å². The lowest BCUT2D eigenvalue weighted by Crippen LogP contribution is -2.37. The van der Waals surface area contributed by atoms with Crippen LogP contribution in [0.15, 0.2) is 84.9 Å². The Hall–Kier alpha value is -4.80. The van der Waals surface area contributed by atoms with E-state index in [2.05, 4.69) is 20.8 Å². The van der Waals surface area contributed by atoms with Gasteiger partial charge in [-0.2, -0.15) is 0 Å². The van der Waals surface area contributed by atoms with E-state index < -0.39 is 41.8 Å². The van der Waals surface area contributed by atoms with Crippen molar-refractivity contribution < 1.29 is 33.5 Å². The summed E-state index contributed by atoms with van der Waals surface area (Å²) in [6.45, 7) is 6.63. The number of fused-ring (bicyclic) bond motifs is 2. The predicted octanol–water partition coefficient (Wildman–Crippen LogP) is 6.96. The summed E-state index contributed by atoms with van der Waals surface area (Å²) in [4.78, 5) is 63.1. The summed E-state index contributed by atoms with van der Waals surface area (Å²) in [5, 5.41) is 1.92. The zero-order valence-corrected chi connectivity index (χ0v) is 28.0. The van der Waals surface area contributed by atoms with Gasteiger partial charge in [0.25, 0.3) is 5.91 Å². The highest BCUT2D eigenvalue weighted by atomic mass is 32.1. The van der Waals surface area contributed by atoms with Gasteiger partial charge in [0, 0.05) is 4.88 Å². The van der Waals surface area contributed by atoms with Gasteiger partial charge < -0.3 is 9.47 Å². The molecular formula is C38H36N2O7S. The van der Waals surface area contributed by atoms with Crippen LogP contribution in [0.2, 0.25) is 0 Å². The summed E-state index contributed by atoms with van der Waals surface area (Å²) in [6.07, 6.45) is 1.23. The third kappa shape index (κ3) is 5.48. The first kappa shape index (κ1) is 31.8. The Bertz CT molecular complexity index is 1880. The first-order valence-corrected chi connectivity index (χ1v) is 16.9. The normalized spacial score (nSPS) is 22.0. The molecule has 4 aromatic rings. The van der Waals surface area contributed by atoms with Crippen LogP contribution in [-0.2, 0) is 32.0 Å². The Kier molecular flexibility index (Phi) is 8.17. The van der Waals surface area contributed by atoms with Crippen LogP contribution in [0.5, 0.6) is 5.75 Å². The number of benzene rings is 3. The molecule has 0 N–H and O–H groups in total. The zero-order chi connectivity index (χ0) is 33.7. The second-order valence-electron chi connectivity index (χ2n) is 13.5. The van der Waals surface area contributed by atoms with Gasteiger partial charge in [-0.15, -0.1) is 11.3 Å². The van der Waals surface area contributed by atoms with Crippen molar-refractivity contribution in [2.75, 3.05) is 17.1 Å². The minimum atomic E-state index is -1.11. The van der Waals surface area contributed by atoms with Crippen LogP contribution in [0, 0.1) is 17.3 Å². The molecular weight excluding hydrogens is 628 g/mol. The maximum Gasteiger partial charge on any atom is 0.343 e. The number of anilines is 2. The number of carbonyl (C=O) groups excluding carboxylic acids is 4. The summed E-state index contributed by atoms with van der Waals surface area (Å²) in [6, 6.07) is 24.2. The summed E-state index contributed by atoms with van der Waals surface area (Å²) < 4.78 is 10.8. The van der Waals surface area contributed by atoms with Crippen molar-refractivity contribution in [2.24, 2.45) is 17.3 Å². The lowest BCUT2D eigenvalue weighted by atomic mass is 9.72. The number of carbonyl (C=O) groups is 4. The number of rotatable bonds is 6. The van der Waals surface area contributed by atoms with E-state index in [-0.39, 0.29) is 5.41 Å². The van der Waals surface area contributed by atoms with E-state index in [0.717, 1.165) is 28.2 Å². The second kappa shape index (κ2) is 12.3. The van der Waals surface area contributed by atoms with E-state index >= 15 is 0 Å². The molecule has 7 rings (SSSR count). The molecule has 0 spiro atoms. The number of hydrogen-bond acceptors (Lipinski definition) is 9. The van der Waals surface area contributed by atoms with Crippen molar-refractivity contribution in [1.29, 1.82) is 0 Å². The zero-order valence-electron chi connectivity index (χ0n) is 27.2. The maximum atomic E-state index is 14.5. The topological polar surface area (TPSA) is 102 Å². The fourth-order valence-electron chi connectivity index (χ4n) is 7.01. The number of para-hydroxylation sites is 1. The van der Waals surface area contributed by atoms with Crippen LogP contribution in [0.3, 0.4) is 0 Å². The fraction of sp³-hybridized carbons (Fsp3) is 0.316. The molecule has 0 unspecified atom stereocenters. The largest absolute Gasteiger partial charge is 0.465 e. The van der Waals surface area contributed by atoms with E-state index in [1.165, 1.54) is 18.4 Å². The average Bonchev–Trinajstić information content (AvgIpc) is 3.74. The van der Waals surface area contributed by atoms with Crippen LogP contribution in [0.4, 0.5) is 10.7 Å². The number of methoxy groups -OCH3 is 1. The third-order valence-electron chi connectivity index (χ3n) is 9.63. The molecule has 1 aromatic heterocycles. The molecule has 0 bridgehead atoms. The number of ether oxygens (including phenoxy) is 2. The van der Waals surface area contributed by atoms with Crippen LogP contribution >= 0.6 is 11.3 Å². The number of amides is 2. The lowest BCUT2D eigenvalue weighted by Gasteiger charge is -2.33. The molecule has 3 aromatic carbocycles. The van der Waals surface area contributed by atoms with Gasteiger partial charge in [0.15, 0.2) is 6.10 Å². The Morgan fingerprint density at radius 3 is 2.19 bits per heavy atom. The molecule has 48 heavy (non-hydrogen) atoms. The van der Waals surface area contributed by atoms with Crippen LogP contribution in [0.25, 0.3) is 0 Å². The van der Waals surface area contributed by atoms with Crippen LogP contribution in [0.1, 0.15) is 70.0 Å². The number of hydrogen-bond donors (Lipinski definition) is 0. The van der Waals surface area contributed by atoms with Crippen molar-refractivity contribution in [3.8, 4) is 5.75 Å². The summed E-state index contributed by atoms with van der Waals surface area (Å²) in [5.41, 5.74) is 3.03. The van der Waals surface area contributed by atoms with Crippen molar-refractivity contribution in [1.82, 2.24) is 0 Å². The average molecular weight is 665 g/mol. The van der Waals surface area contributed by atoms with E-state index in [9.17, 15) is 19.2 Å². The molecule has 2 amide bonds. The van der Waals surface area contributed by atoms with Gasteiger partial charge >= 0.3 is 11.9 Å². The van der Waals surface area contributed by atoms with Gasteiger partial charge in [-0.25, -0.2) is 19.6 Å². The highest BCUT2D eigenvalue weighted by Crippen LogP contribution is 2.51. The standard InChI is InChI=1S/C38H36N2O7S/c1-38(2,3)24-17-20-27-28(21-24)48-35(29(27)37(44)45-4)39-33(41)30-31(40(47-32(30)34(39)42)25-13-9-6-10-14-25)22-15-18-26(19-16-22)46-36(43)23-11-7-5-8-12-23/h5-16,18-19,24,30-32H,17,20-21H2,1-4H3/t24-,30+,31-,32-/m0/s1. The number of hydroxylamine groups is 1. The number of imide groups is 1. The molecule has 4 atom stereocenters. The van der Waals surface area contributed by atoms with Crippen molar-refractivity contribution >= 4 is 45.8 Å². The van der Waals surface area contributed by atoms with Crippen molar-refractivity contribution in [2.45, 2.75) is 52.2 Å². The third-order valence-corrected chi connectivity index (χ3v) is 10.9. The molecule has 10 heteroatoms. The Morgan fingerprint density at radius 1 is 0.875 bits per heavy atom. The monoisotopic (exact) mass is 664 g/mol. The highest BCUT2D eigenvalue weighted by molar-refractivity contribution is 7.17. The number of esters is 2. The second-order valence-corrected chi connectivity index (χ2v) is 14.6. The van der Waals surface area contributed by atoms with Gasteiger partial charge in [0.2, 0.25) is 5.91 Å². The molecule has 3 aliphatic rings. The van der Waals surface area contributed by atoms with Gasteiger partial charge in [0.05, 0.1) is 30.0 Å². The molecule has 2 fully saturated rings. The first-order chi connectivity index (χ1) is 23.1. The van der Waals surface area contributed by atoms with Gasteiger partial charge in [-0.3, -0.25) is 14.4 Å². The molecule has 0 saturated carbocycles. The van der Waals surface area contributed by atoms with Crippen LogP contribution in [-0.4, -0.2) is 37.0 Å². The van der Waals surface area contributed by atoms with Crippen molar-refractivity contribution in [3.63, 3.8) is 0 Å². The van der Waals surface area contributed by atoms with Gasteiger partial charge in [-0.05, 0) is 78.1 Å². The first-order valence-electron chi connectivity index (χ1n) is 16.1. The molecule has 0 radical (unpaired) electrons. The smallest absolute Gasteiger partial charge is 0.343 e. The Labute approximate surface area is 283 Å². The highest BCUT2D eigenvalue weighted by Gasteiger charge is 2.61. The van der Waals surface area contributed by atoms with E-state index in [4.69, 9.17) is 14.3 Å². The lowest BCUT2D eigenvalue weighted by molar-refractivity contribution is -0.126. The summed E-state index contributed by atoms with van der Waals surface area (Å²) in [5.74, 6) is -2.17. The van der Waals surface area contributed by atoms with Crippen molar-refractivity contribution in [3.05, 3.63) is 112 Å². The summed E-state index contributed by atoms with van der Waals surface area (Å²) >= 11 is 1.33. The Morgan fingerprint density at radius 2 is 1.54 bits per heavy atom. The molecule has 3 heterocycles. The molecule has 246 valence electrons. The van der Waals surface area contributed by atoms with E-state index in [1.54, 1.807) is 53.6 Å². The molecule has 1 aliphatic carbocycles. The van der Waals surface area contributed by atoms with Crippen LogP contribution < -0.4 is 14.7 Å². The molecule has 2 aliphatic heterocycles. The van der Waals surface area contributed by atoms with Gasteiger partial charge in [0.1, 0.15) is 16.7 Å². The Balaban J connectivity index is 1.24. The van der Waals surface area contributed by atoms with E-state index in [1.807, 2.05) is 36.4 Å². The fourth-order valence-corrected chi connectivity index (χ4v) is 8.43. The summed E-state index contributed by atoms with van der Waals surface area (Å²) in [7, 11) is 1.32. The predicted molar refractivity (Wildman–Crippen MR) is 181 cm³/mol. The molecule has 2 saturated heterocycles. The minimum Gasteiger partial charge on any atom is -0.465 e. The SMILES string of the molecule is COC(=O)c1c(N2C(=O)[C@H]3[C@H](ON(c4ccccc4)[C@H]3c3ccc(OC(=O)c4ccccc4)cc3)C2=O)sc2c1CC[C@H](C(C)(C)C)C2. The number of thiophene rings is 1. The molecule has 9 nitrogen and oxygen atoms in total. The quantitative estimate of drug-likeness (QED) is 0.124. The number of nitrogens with zero attached hydrogens (tertiary/aromatic N) is 2. The minimum absolute atomic E-state index is 0.0704. The van der Waals surface area contributed by atoms with E-state index in [0.29, 0.717) is 45.5 Å².